The van der Waals surface area contributed by atoms with Crippen molar-refractivity contribution >= 4 is 11.7 Å². The zero-order valence-corrected chi connectivity index (χ0v) is 15.2. The van der Waals surface area contributed by atoms with Crippen LogP contribution in [0.1, 0.15) is 43.9 Å². The summed E-state index contributed by atoms with van der Waals surface area (Å²) in [5.74, 6) is 0. The van der Waals surface area contributed by atoms with Gasteiger partial charge in [0, 0.05) is 0 Å². The van der Waals surface area contributed by atoms with E-state index in [4.69, 9.17) is 9.47 Å². The Hall–Kier alpha value is -2.32. The van der Waals surface area contributed by atoms with Crippen LogP contribution in [0.4, 0.5) is 4.79 Å². The van der Waals surface area contributed by atoms with E-state index in [1.165, 1.54) is 5.57 Å². The summed E-state index contributed by atoms with van der Waals surface area (Å²) in [7, 11) is 0. The highest BCUT2D eigenvalue weighted by Gasteiger charge is 2.40. The van der Waals surface area contributed by atoms with Crippen LogP contribution in [0.15, 0.2) is 24.3 Å². The van der Waals surface area contributed by atoms with Crippen molar-refractivity contribution in [1.29, 1.82) is 5.26 Å². The molecular weight excluding hydrogens is 316 g/mol. The molecule has 2 bridgehead atoms. The van der Waals surface area contributed by atoms with E-state index in [0.29, 0.717) is 25.2 Å². The average Bonchev–Trinajstić information content (AvgIpc) is 2.52. The van der Waals surface area contributed by atoms with Gasteiger partial charge in [-0.05, 0) is 56.9 Å². The normalized spacial score (nSPS) is 22.8. The summed E-state index contributed by atoms with van der Waals surface area (Å²) in [5.41, 5.74) is 3.41. The lowest BCUT2D eigenvalue weighted by Gasteiger charge is -2.44. The highest BCUT2D eigenvalue weighted by molar-refractivity contribution is 5.76. The van der Waals surface area contributed by atoms with Crippen molar-refractivity contribution in [3.8, 4) is 6.07 Å². The maximum atomic E-state index is 12.6. The lowest BCUT2D eigenvalue weighted by atomic mass is 9.87. The number of nitriles is 1. The first-order valence-electron chi connectivity index (χ1n) is 8.60. The van der Waals surface area contributed by atoms with E-state index in [1.54, 1.807) is 0 Å². The number of fused-ring (bicyclic) bond motifs is 2. The molecule has 0 spiro atoms. The number of ether oxygens (including phenoxy) is 2. The molecule has 0 saturated carbocycles. The molecule has 1 saturated heterocycles. The van der Waals surface area contributed by atoms with Crippen LogP contribution >= 0.6 is 0 Å². The summed E-state index contributed by atoms with van der Waals surface area (Å²) in [6.07, 6.45) is 2.50. The molecule has 0 aliphatic carbocycles. The lowest BCUT2D eigenvalue weighted by Crippen LogP contribution is -2.57. The molecule has 3 rings (SSSR count). The van der Waals surface area contributed by atoms with E-state index < -0.39 is 5.60 Å². The van der Waals surface area contributed by atoms with Gasteiger partial charge in [-0.2, -0.15) is 5.26 Å². The van der Waals surface area contributed by atoms with Gasteiger partial charge in [-0.15, -0.1) is 0 Å². The van der Waals surface area contributed by atoms with Crippen molar-refractivity contribution in [3.63, 3.8) is 0 Å². The first kappa shape index (κ1) is 17.5. The standard InChI is InChI=1S/C20H24N2O3/c1-13-14(10-21)6-5-7-18(13)15-8-16-11-24-12-17(9-15)22(16)19(23)25-20(2,3)4/h5-8,16-17H,9,11-12H2,1-4H3. The third kappa shape index (κ3) is 3.54. The molecule has 1 amide bonds. The molecule has 2 aliphatic heterocycles. The van der Waals surface area contributed by atoms with Crippen molar-refractivity contribution in [1.82, 2.24) is 4.90 Å². The highest BCUT2D eigenvalue weighted by atomic mass is 16.6. The maximum Gasteiger partial charge on any atom is 0.411 e. The van der Waals surface area contributed by atoms with E-state index in [2.05, 4.69) is 12.1 Å². The van der Waals surface area contributed by atoms with Crippen molar-refractivity contribution in [2.75, 3.05) is 13.2 Å². The minimum absolute atomic E-state index is 0.0428. The maximum absolute atomic E-state index is 12.6. The molecule has 132 valence electrons. The van der Waals surface area contributed by atoms with Crippen LogP contribution in [-0.2, 0) is 9.47 Å². The minimum atomic E-state index is -0.520. The molecule has 0 N–H and O–H groups in total. The van der Waals surface area contributed by atoms with Crippen LogP contribution in [0.25, 0.3) is 5.57 Å². The molecule has 0 radical (unpaired) electrons. The van der Waals surface area contributed by atoms with Gasteiger partial charge in [0.15, 0.2) is 0 Å². The molecule has 2 atom stereocenters. The number of amides is 1. The Kier molecular flexibility index (Phi) is 4.57. The van der Waals surface area contributed by atoms with Gasteiger partial charge in [0.25, 0.3) is 0 Å². The molecule has 2 unspecified atom stereocenters. The van der Waals surface area contributed by atoms with Crippen LogP contribution in [0.3, 0.4) is 0 Å². The Bertz CT molecular complexity index is 755. The van der Waals surface area contributed by atoms with Crippen molar-refractivity contribution in [2.24, 2.45) is 0 Å². The highest BCUT2D eigenvalue weighted by Crippen LogP contribution is 2.35. The number of nitrogens with zero attached hydrogens (tertiary/aromatic N) is 2. The quantitative estimate of drug-likeness (QED) is 0.783. The average molecular weight is 340 g/mol. The first-order chi connectivity index (χ1) is 11.8. The number of hydrogen-bond donors (Lipinski definition) is 0. The molecular formula is C20H24N2O3. The van der Waals surface area contributed by atoms with Crippen LogP contribution < -0.4 is 0 Å². The Morgan fingerprint density at radius 1 is 1.36 bits per heavy atom. The summed E-state index contributed by atoms with van der Waals surface area (Å²) in [4.78, 5) is 14.4. The molecule has 1 aromatic carbocycles. The number of rotatable bonds is 1. The first-order valence-corrected chi connectivity index (χ1v) is 8.60. The smallest absolute Gasteiger partial charge is 0.411 e. The second-order valence-electron chi connectivity index (χ2n) is 7.63. The van der Waals surface area contributed by atoms with Crippen molar-refractivity contribution in [2.45, 2.75) is 51.8 Å². The monoisotopic (exact) mass is 340 g/mol. The topological polar surface area (TPSA) is 62.6 Å². The molecule has 2 aliphatic rings. The zero-order chi connectivity index (χ0) is 18.2. The number of carbonyl (C=O) groups is 1. The van der Waals surface area contributed by atoms with Crippen molar-refractivity contribution in [3.05, 3.63) is 41.0 Å². The lowest BCUT2D eigenvalue weighted by molar-refractivity contribution is -0.0510. The Labute approximate surface area is 148 Å². The summed E-state index contributed by atoms with van der Waals surface area (Å²) < 4.78 is 11.2. The molecule has 0 aromatic heterocycles. The van der Waals surface area contributed by atoms with Crippen LogP contribution in [0, 0.1) is 18.3 Å². The largest absolute Gasteiger partial charge is 0.444 e. The summed E-state index contributed by atoms with van der Waals surface area (Å²) in [6.45, 7) is 8.57. The predicted octanol–water partition coefficient (Wildman–Crippen LogP) is 3.66. The number of carbonyl (C=O) groups excluding carboxylic acids is 1. The van der Waals surface area contributed by atoms with Crippen LogP contribution in [-0.4, -0.2) is 41.9 Å². The summed E-state index contributed by atoms with van der Waals surface area (Å²) in [5, 5.41) is 9.27. The van der Waals surface area contributed by atoms with Gasteiger partial charge in [-0.1, -0.05) is 18.2 Å². The fourth-order valence-electron chi connectivity index (χ4n) is 3.50. The van der Waals surface area contributed by atoms with Gasteiger partial charge >= 0.3 is 6.09 Å². The van der Waals surface area contributed by atoms with Gasteiger partial charge in [-0.3, -0.25) is 4.90 Å². The molecule has 5 nitrogen and oxygen atoms in total. The van der Waals surface area contributed by atoms with Gasteiger partial charge in [0.1, 0.15) is 5.60 Å². The van der Waals surface area contributed by atoms with E-state index in [1.807, 2.05) is 50.8 Å². The van der Waals surface area contributed by atoms with E-state index >= 15 is 0 Å². The number of hydrogen-bond acceptors (Lipinski definition) is 4. The zero-order valence-electron chi connectivity index (χ0n) is 15.2. The summed E-state index contributed by atoms with van der Waals surface area (Å²) in [6, 6.07) is 7.85. The van der Waals surface area contributed by atoms with E-state index in [-0.39, 0.29) is 18.2 Å². The molecule has 5 heteroatoms. The Morgan fingerprint density at radius 3 is 2.76 bits per heavy atom. The Balaban J connectivity index is 1.92. The molecule has 25 heavy (non-hydrogen) atoms. The number of benzene rings is 1. The SMILES string of the molecule is Cc1c(C#N)cccc1C1=CC2COCC(C1)N2C(=O)OC(C)(C)C. The third-order valence-corrected chi connectivity index (χ3v) is 4.60. The predicted molar refractivity (Wildman–Crippen MR) is 95.0 cm³/mol. The molecule has 2 heterocycles. The number of morpholine rings is 1. The molecule has 1 fully saturated rings. The minimum Gasteiger partial charge on any atom is -0.444 e. The fourth-order valence-corrected chi connectivity index (χ4v) is 3.50. The van der Waals surface area contributed by atoms with Crippen molar-refractivity contribution < 1.29 is 14.3 Å². The van der Waals surface area contributed by atoms with Gasteiger partial charge in [0.2, 0.25) is 0 Å². The van der Waals surface area contributed by atoms with Gasteiger partial charge in [0.05, 0.1) is 36.9 Å². The van der Waals surface area contributed by atoms with Crippen LogP contribution in [0.5, 0.6) is 0 Å². The van der Waals surface area contributed by atoms with E-state index in [9.17, 15) is 10.1 Å². The fraction of sp³-hybridized carbons (Fsp3) is 0.500. The van der Waals surface area contributed by atoms with Gasteiger partial charge < -0.3 is 9.47 Å². The summed E-state index contributed by atoms with van der Waals surface area (Å²) >= 11 is 0. The van der Waals surface area contributed by atoms with E-state index in [0.717, 1.165) is 11.1 Å². The second kappa shape index (κ2) is 6.53. The second-order valence-corrected chi connectivity index (χ2v) is 7.63. The molecule has 1 aromatic rings. The third-order valence-electron chi connectivity index (χ3n) is 4.60. The Morgan fingerprint density at radius 2 is 2.12 bits per heavy atom. The van der Waals surface area contributed by atoms with Gasteiger partial charge in [-0.25, -0.2) is 4.79 Å². The van der Waals surface area contributed by atoms with Crippen LogP contribution in [0.2, 0.25) is 0 Å².